The molecule has 6 aliphatic rings. The summed E-state index contributed by atoms with van der Waals surface area (Å²) in [7, 11) is -7.81. The van der Waals surface area contributed by atoms with Crippen LogP contribution in [0.5, 0.6) is 0 Å². The fourth-order valence-corrected chi connectivity index (χ4v) is 3.66. The molecule has 0 aromatic rings. The Morgan fingerprint density at radius 3 is 2.36 bits per heavy atom. The molecule has 6 rings (SSSR count). The molecule has 6 fully saturated rings. The van der Waals surface area contributed by atoms with Crippen molar-refractivity contribution in [3.8, 4) is 0 Å². The van der Waals surface area contributed by atoms with Crippen LogP contribution in [0.15, 0.2) is 0 Å². The maximum absolute atomic E-state index is 11.2. The summed E-state index contributed by atoms with van der Waals surface area (Å²) in [5, 5.41) is 10.5. The van der Waals surface area contributed by atoms with Crippen molar-refractivity contribution in [3.05, 3.63) is 0 Å². The Bertz CT molecular complexity index is 350. The van der Waals surface area contributed by atoms with E-state index in [4.69, 9.17) is 0 Å². The maximum atomic E-state index is 11.2. The molecule has 1 unspecified atom stereocenters. The number of hydroxylamine groups is 4. The van der Waals surface area contributed by atoms with Crippen LogP contribution in [0.25, 0.3) is 0 Å². The van der Waals surface area contributed by atoms with Gasteiger partial charge in [-0.2, -0.15) is 22.8 Å². The van der Waals surface area contributed by atoms with Crippen LogP contribution in [0.2, 0.25) is 0 Å². The Balaban J connectivity index is 1.88. The second-order valence-corrected chi connectivity index (χ2v) is 5.68. The van der Waals surface area contributed by atoms with Gasteiger partial charge in [-0.15, -0.1) is 0 Å². The predicted molar refractivity (Wildman–Crippen MR) is 35.2 cm³/mol. The third kappa shape index (κ3) is 1.29. The molecule has 0 spiro atoms. The summed E-state index contributed by atoms with van der Waals surface area (Å²) in [6.07, 6.45) is -1.28. The average Bonchev–Trinajstić information content (AvgIpc) is 2.03. The summed E-state index contributed by atoms with van der Waals surface area (Å²) in [5.74, 6) is 0. The van der Waals surface area contributed by atoms with Crippen LogP contribution in [0.4, 0.5) is 0 Å². The van der Waals surface area contributed by atoms with Gasteiger partial charge in [0.25, 0.3) is 0 Å². The number of rotatable bonds is 0. The van der Waals surface area contributed by atoms with E-state index < -0.39 is 21.9 Å². The first-order valence-electron chi connectivity index (χ1n) is 3.43. The first kappa shape index (κ1) is 9.37. The van der Waals surface area contributed by atoms with Gasteiger partial charge in [0.1, 0.15) is 0 Å². The lowest BCUT2D eigenvalue weighted by Crippen LogP contribution is -2.46. The fraction of sp³-hybridized carbons (Fsp3) is 1.00. The Hall–Kier alpha value is 0.140. The largest absolute Gasteiger partial charge is 0.521 e. The molecule has 0 amide bonds. The lowest BCUT2D eigenvalue weighted by Gasteiger charge is -2.34. The Morgan fingerprint density at radius 2 is 1.71 bits per heavy atom. The molecular formula is C2H4N2O8P2. The van der Waals surface area contributed by atoms with Crippen LogP contribution < -0.4 is 0 Å². The summed E-state index contributed by atoms with van der Waals surface area (Å²) in [4.78, 5) is 0. The Labute approximate surface area is 76.9 Å². The van der Waals surface area contributed by atoms with E-state index in [1.807, 2.05) is 0 Å². The summed E-state index contributed by atoms with van der Waals surface area (Å²) in [5.41, 5.74) is 0. The molecule has 14 heavy (non-hydrogen) atoms. The van der Waals surface area contributed by atoms with Crippen LogP contribution >= 0.6 is 15.6 Å². The molecule has 6 heterocycles. The van der Waals surface area contributed by atoms with Gasteiger partial charge in [-0.25, -0.2) is 9.13 Å². The minimum absolute atomic E-state index is 0.215. The van der Waals surface area contributed by atoms with Crippen LogP contribution in [0.3, 0.4) is 0 Å². The smallest absolute Gasteiger partial charge is 0.372 e. The van der Waals surface area contributed by atoms with Crippen LogP contribution in [-0.4, -0.2) is 28.3 Å². The van der Waals surface area contributed by atoms with E-state index >= 15 is 0 Å². The molecule has 6 aliphatic heterocycles. The van der Waals surface area contributed by atoms with Crippen LogP contribution in [0, 0.1) is 0 Å². The van der Waals surface area contributed by atoms with E-state index in [9.17, 15) is 14.2 Å². The molecule has 12 heteroatoms. The monoisotopic (exact) mass is 246 g/mol. The topological polar surface area (TPSA) is 107 Å². The van der Waals surface area contributed by atoms with Gasteiger partial charge in [-0.3, -0.25) is 0 Å². The lowest BCUT2D eigenvalue weighted by atomic mass is 10.6. The van der Waals surface area contributed by atoms with E-state index in [1.165, 1.54) is 0 Å². The highest BCUT2D eigenvalue weighted by molar-refractivity contribution is 7.62. The van der Waals surface area contributed by atoms with Crippen molar-refractivity contribution in [1.29, 1.82) is 0 Å². The molecule has 0 aromatic heterocycles. The maximum Gasteiger partial charge on any atom is 0.521 e. The highest BCUT2D eigenvalue weighted by atomic mass is 31.3. The predicted octanol–water partition coefficient (Wildman–Crippen LogP) is -0.0912. The normalized spacial score (nSPS) is 61.4. The number of aliphatic hydroxyl groups excluding tert-OH is 1. The van der Waals surface area contributed by atoms with Gasteiger partial charge < -0.3 is 5.11 Å². The van der Waals surface area contributed by atoms with Crippen LogP contribution in [-0.2, 0) is 31.9 Å². The van der Waals surface area contributed by atoms with E-state index in [-0.39, 0.29) is 6.54 Å². The Morgan fingerprint density at radius 1 is 1.14 bits per heavy atom. The summed E-state index contributed by atoms with van der Waals surface area (Å²) in [6, 6.07) is 0. The molecular weight excluding hydrogens is 242 g/mol. The van der Waals surface area contributed by atoms with Crippen molar-refractivity contribution in [3.63, 3.8) is 0 Å². The zero-order chi connectivity index (χ0) is 9.97. The van der Waals surface area contributed by atoms with Gasteiger partial charge >= 0.3 is 15.6 Å². The van der Waals surface area contributed by atoms with Gasteiger partial charge in [0.2, 0.25) is 0 Å². The van der Waals surface area contributed by atoms with Gasteiger partial charge in [0.05, 0.1) is 6.54 Å². The molecule has 0 saturated carbocycles. The first-order chi connectivity index (χ1) is 6.48. The number of nitrogens with zero attached hydrogens (tertiary/aromatic N) is 2. The highest BCUT2D eigenvalue weighted by Crippen LogP contribution is 2.75. The minimum atomic E-state index is -3.94. The lowest BCUT2D eigenvalue weighted by molar-refractivity contribution is -0.415. The number of aliphatic hydroxyl groups is 1. The van der Waals surface area contributed by atoms with Gasteiger partial charge in [-0.05, 0) is 10.5 Å². The summed E-state index contributed by atoms with van der Waals surface area (Å²) < 4.78 is 44.8. The highest BCUT2D eigenvalue weighted by Gasteiger charge is 2.61. The summed E-state index contributed by atoms with van der Waals surface area (Å²) in [6.45, 7) is -0.215. The minimum Gasteiger partial charge on any atom is -0.372 e. The standard InChI is InChI=1S/C2H4N2O8P2/c5-2-1-3-8-13(6,9-3)12-14(7)10-4(2)11-14/h2,5H,1H2. The van der Waals surface area contributed by atoms with Gasteiger partial charge in [0.15, 0.2) is 6.23 Å². The number of phosphoric acid groups is 2. The number of hydrogen-bond donors (Lipinski definition) is 1. The fourth-order valence-electron chi connectivity index (χ4n) is 0.990. The molecule has 10 nitrogen and oxygen atoms in total. The van der Waals surface area contributed by atoms with Crippen LogP contribution in [0.1, 0.15) is 0 Å². The molecule has 0 radical (unpaired) electrons. The molecule has 4 bridgehead atoms. The molecule has 1 N–H and O–H groups in total. The van der Waals surface area contributed by atoms with Crippen molar-refractivity contribution in [1.82, 2.24) is 10.5 Å². The zero-order valence-electron chi connectivity index (χ0n) is 6.38. The average molecular weight is 246 g/mol. The van der Waals surface area contributed by atoms with Gasteiger partial charge in [0, 0.05) is 0 Å². The quantitative estimate of drug-likeness (QED) is 0.582. The molecule has 6 saturated heterocycles. The van der Waals surface area contributed by atoms with Crippen molar-refractivity contribution in [2.24, 2.45) is 0 Å². The van der Waals surface area contributed by atoms with E-state index in [1.54, 1.807) is 0 Å². The van der Waals surface area contributed by atoms with E-state index in [0.29, 0.717) is 10.5 Å². The third-order valence-electron chi connectivity index (χ3n) is 1.50. The Kier molecular flexibility index (Phi) is 1.76. The van der Waals surface area contributed by atoms with Crippen molar-refractivity contribution in [2.75, 3.05) is 6.54 Å². The van der Waals surface area contributed by atoms with E-state index in [2.05, 4.69) is 22.8 Å². The molecule has 1 atom stereocenters. The molecule has 80 valence electrons. The summed E-state index contributed by atoms with van der Waals surface area (Å²) >= 11 is 0. The van der Waals surface area contributed by atoms with Crippen molar-refractivity contribution >= 4 is 15.6 Å². The second-order valence-electron chi connectivity index (χ2n) is 2.58. The first-order valence-corrected chi connectivity index (χ1v) is 6.35. The SMILES string of the molecule is O=P12ON(CC(O)N3OP(=O)(O3)O1)O2. The van der Waals surface area contributed by atoms with Gasteiger partial charge in [-0.1, -0.05) is 0 Å². The number of hydrogen-bond acceptors (Lipinski definition) is 10. The van der Waals surface area contributed by atoms with Crippen molar-refractivity contribution in [2.45, 2.75) is 6.23 Å². The van der Waals surface area contributed by atoms with E-state index in [0.717, 1.165) is 0 Å². The van der Waals surface area contributed by atoms with Crippen molar-refractivity contribution < 1.29 is 37.0 Å². The molecule has 0 aromatic carbocycles. The zero-order valence-corrected chi connectivity index (χ0v) is 8.17. The molecule has 0 aliphatic carbocycles. The third-order valence-corrected chi connectivity index (χ3v) is 4.58. The second kappa shape index (κ2) is 2.63.